The van der Waals surface area contributed by atoms with Gasteiger partial charge in [-0.2, -0.15) is 8.42 Å². The second-order valence-corrected chi connectivity index (χ2v) is 8.26. The van der Waals surface area contributed by atoms with Gasteiger partial charge in [-0.3, -0.25) is 14.5 Å². The Morgan fingerprint density at radius 2 is 2.03 bits per heavy atom. The largest absolute Gasteiger partial charge is 0.491 e. The molecule has 0 spiro atoms. The number of carbonyl (C=O) groups is 1. The first-order chi connectivity index (χ1) is 13.9. The van der Waals surface area contributed by atoms with Crippen LogP contribution in [0, 0.1) is 0 Å². The molecule has 0 saturated carbocycles. The van der Waals surface area contributed by atoms with Crippen LogP contribution in [0.1, 0.15) is 35.2 Å². The molecule has 1 saturated heterocycles. The van der Waals surface area contributed by atoms with Gasteiger partial charge in [-0.05, 0) is 43.5 Å². The van der Waals surface area contributed by atoms with Gasteiger partial charge in [-0.15, -0.1) is 4.40 Å². The van der Waals surface area contributed by atoms with Crippen LogP contribution in [0.5, 0.6) is 5.75 Å². The van der Waals surface area contributed by atoms with Crippen LogP contribution in [0.2, 0.25) is 0 Å². The maximum atomic E-state index is 12.9. The lowest BCUT2D eigenvalue weighted by molar-refractivity contribution is 0.0528. The SMILES string of the molecule is NC1=NS(=O)(=O)Nc2cccc(OC[C@H]3CCCCN3C(=O)c3ccncc3)c21. The minimum atomic E-state index is -3.85. The summed E-state index contributed by atoms with van der Waals surface area (Å²) in [5.41, 5.74) is 7.19. The number of amides is 1. The van der Waals surface area contributed by atoms with E-state index in [-0.39, 0.29) is 24.4 Å². The number of anilines is 1. The lowest BCUT2D eigenvalue weighted by atomic mass is 10.0. The maximum Gasteiger partial charge on any atom is 0.344 e. The molecule has 0 aliphatic carbocycles. The zero-order valence-corrected chi connectivity index (χ0v) is 16.4. The summed E-state index contributed by atoms with van der Waals surface area (Å²) in [5.74, 6) is 0.250. The Kier molecular flexibility index (Phi) is 5.10. The molecule has 152 valence electrons. The number of fused-ring (bicyclic) bond motifs is 1. The van der Waals surface area contributed by atoms with E-state index in [1.165, 1.54) is 0 Å². The Balaban J connectivity index is 1.53. The zero-order valence-electron chi connectivity index (χ0n) is 15.6. The van der Waals surface area contributed by atoms with Crippen molar-refractivity contribution in [2.45, 2.75) is 25.3 Å². The molecular formula is C19H21N5O4S. The van der Waals surface area contributed by atoms with E-state index in [1.54, 1.807) is 42.7 Å². The van der Waals surface area contributed by atoms with Gasteiger partial charge in [0.15, 0.2) is 5.84 Å². The average molecular weight is 415 g/mol. The molecule has 2 aliphatic heterocycles. The highest BCUT2D eigenvalue weighted by atomic mass is 32.2. The van der Waals surface area contributed by atoms with Gasteiger partial charge in [0.2, 0.25) is 0 Å². The Morgan fingerprint density at radius 1 is 1.24 bits per heavy atom. The number of amidine groups is 1. The number of benzene rings is 1. The first-order valence-corrected chi connectivity index (χ1v) is 10.7. The number of aromatic nitrogens is 1. The Bertz CT molecular complexity index is 1060. The molecule has 0 unspecified atom stereocenters. The van der Waals surface area contributed by atoms with Crippen LogP contribution in [-0.2, 0) is 10.2 Å². The minimum absolute atomic E-state index is 0.0513. The van der Waals surface area contributed by atoms with Gasteiger partial charge in [0.1, 0.15) is 12.4 Å². The van der Waals surface area contributed by atoms with E-state index < -0.39 is 10.2 Å². The van der Waals surface area contributed by atoms with E-state index in [2.05, 4.69) is 14.1 Å². The number of ether oxygens (including phenoxy) is 1. The third kappa shape index (κ3) is 4.02. The Morgan fingerprint density at radius 3 is 2.83 bits per heavy atom. The van der Waals surface area contributed by atoms with Gasteiger partial charge in [0, 0.05) is 24.5 Å². The lowest BCUT2D eigenvalue weighted by Gasteiger charge is -2.35. The summed E-state index contributed by atoms with van der Waals surface area (Å²) in [6.07, 6.45) is 5.96. The molecule has 2 aromatic rings. The van der Waals surface area contributed by atoms with Crippen molar-refractivity contribution in [3.63, 3.8) is 0 Å². The highest BCUT2D eigenvalue weighted by Gasteiger charge is 2.29. The minimum Gasteiger partial charge on any atom is -0.491 e. The number of piperidine rings is 1. The number of hydrogen-bond acceptors (Lipinski definition) is 6. The van der Waals surface area contributed by atoms with E-state index in [4.69, 9.17) is 10.5 Å². The molecule has 1 fully saturated rings. The molecule has 1 aromatic carbocycles. The van der Waals surface area contributed by atoms with Crippen LogP contribution in [-0.4, -0.2) is 49.2 Å². The van der Waals surface area contributed by atoms with Gasteiger partial charge < -0.3 is 15.4 Å². The first-order valence-electron chi connectivity index (χ1n) is 9.30. The Labute approximate surface area is 168 Å². The highest BCUT2D eigenvalue weighted by Crippen LogP contribution is 2.31. The molecule has 3 N–H and O–H groups in total. The predicted octanol–water partition coefficient (Wildman–Crippen LogP) is 1.53. The van der Waals surface area contributed by atoms with Crippen molar-refractivity contribution in [1.29, 1.82) is 0 Å². The molecule has 9 nitrogen and oxygen atoms in total. The standard InChI is InChI=1S/C19H21N5O4S/c20-18-17-15(22-29(26,27)23-18)5-3-6-16(17)28-12-14-4-1-2-11-24(14)19(25)13-7-9-21-10-8-13/h3,5-10,14,22H,1-2,4,11-12H2,(H2,20,23)/t14-/m1/s1. The van der Waals surface area contributed by atoms with Crippen molar-refractivity contribution in [1.82, 2.24) is 9.88 Å². The van der Waals surface area contributed by atoms with Gasteiger partial charge in [-0.1, -0.05) is 6.07 Å². The molecule has 3 heterocycles. The van der Waals surface area contributed by atoms with Crippen LogP contribution >= 0.6 is 0 Å². The molecule has 0 bridgehead atoms. The number of nitrogens with zero attached hydrogens (tertiary/aromatic N) is 3. The fourth-order valence-corrected chi connectivity index (χ4v) is 4.47. The quantitative estimate of drug-likeness (QED) is 0.780. The molecule has 1 atom stereocenters. The summed E-state index contributed by atoms with van der Waals surface area (Å²) in [4.78, 5) is 18.7. The fraction of sp³-hybridized carbons (Fsp3) is 0.316. The van der Waals surface area contributed by atoms with Crippen molar-refractivity contribution in [3.05, 3.63) is 53.9 Å². The number of carbonyl (C=O) groups excluding carboxylic acids is 1. The van der Waals surface area contributed by atoms with E-state index >= 15 is 0 Å². The number of hydrogen-bond donors (Lipinski definition) is 2. The van der Waals surface area contributed by atoms with Crippen molar-refractivity contribution in [3.8, 4) is 5.75 Å². The van der Waals surface area contributed by atoms with E-state index in [0.29, 0.717) is 29.1 Å². The molecule has 1 aromatic heterocycles. The topological polar surface area (TPSA) is 127 Å². The van der Waals surface area contributed by atoms with Crippen molar-refractivity contribution in [2.24, 2.45) is 10.1 Å². The third-order valence-electron chi connectivity index (χ3n) is 4.99. The summed E-state index contributed by atoms with van der Waals surface area (Å²) in [6.45, 7) is 0.929. The summed E-state index contributed by atoms with van der Waals surface area (Å²) in [7, 11) is -3.85. The molecule has 1 amide bonds. The Hall–Kier alpha value is -3.14. The predicted molar refractivity (Wildman–Crippen MR) is 108 cm³/mol. The molecule has 29 heavy (non-hydrogen) atoms. The molecule has 10 heteroatoms. The van der Waals surface area contributed by atoms with Gasteiger partial charge in [0.25, 0.3) is 5.91 Å². The van der Waals surface area contributed by atoms with Crippen molar-refractivity contribution >= 4 is 27.6 Å². The van der Waals surface area contributed by atoms with Gasteiger partial charge >= 0.3 is 10.2 Å². The normalized spacial score (nSPS) is 20.2. The smallest absolute Gasteiger partial charge is 0.344 e. The monoisotopic (exact) mass is 415 g/mol. The summed E-state index contributed by atoms with van der Waals surface area (Å²) in [6, 6.07) is 8.28. The van der Waals surface area contributed by atoms with Crippen LogP contribution < -0.4 is 15.2 Å². The van der Waals surface area contributed by atoms with Crippen LogP contribution in [0.4, 0.5) is 5.69 Å². The summed E-state index contributed by atoms with van der Waals surface area (Å²) >= 11 is 0. The highest BCUT2D eigenvalue weighted by molar-refractivity contribution is 7.91. The van der Waals surface area contributed by atoms with Crippen LogP contribution in [0.25, 0.3) is 0 Å². The summed E-state index contributed by atoms with van der Waals surface area (Å²) < 4.78 is 35.3. The number of likely N-dealkylation sites (tertiary alicyclic amines) is 1. The van der Waals surface area contributed by atoms with Crippen LogP contribution in [0.15, 0.2) is 47.1 Å². The van der Waals surface area contributed by atoms with Gasteiger partial charge in [0.05, 0.1) is 17.3 Å². The molecular weight excluding hydrogens is 394 g/mol. The second-order valence-electron chi connectivity index (χ2n) is 6.93. The number of pyridine rings is 1. The molecule has 2 aliphatic rings. The second kappa shape index (κ2) is 7.70. The third-order valence-corrected chi connectivity index (χ3v) is 5.90. The lowest BCUT2D eigenvalue weighted by Crippen LogP contribution is -2.46. The van der Waals surface area contributed by atoms with E-state index in [1.807, 2.05) is 4.90 Å². The van der Waals surface area contributed by atoms with Crippen molar-refractivity contribution in [2.75, 3.05) is 17.9 Å². The van der Waals surface area contributed by atoms with Gasteiger partial charge in [-0.25, -0.2) is 0 Å². The average Bonchev–Trinajstić information content (AvgIpc) is 2.71. The first kappa shape index (κ1) is 19.2. The zero-order chi connectivity index (χ0) is 20.4. The molecule has 0 radical (unpaired) electrons. The maximum absolute atomic E-state index is 12.9. The molecule has 4 rings (SSSR count). The number of nitrogens with two attached hydrogens (primary N) is 1. The number of rotatable bonds is 4. The van der Waals surface area contributed by atoms with E-state index in [9.17, 15) is 13.2 Å². The summed E-state index contributed by atoms with van der Waals surface area (Å²) in [5, 5.41) is 0. The number of nitrogens with one attached hydrogen (secondary N) is 1. The van der Waals surface area contributed by atoms with Crippen LogP contribution in [0.3, 0.4) is 0 Å². The van der Waals surface area contributed by atoms with E-state index in [0.717, 1.165) is 19.3 Å². The van der Waals surface area contributed by atoms with Crippen molar-refractivity contribution < 1.29 is 17.9 Å². The fourth-order valence-electron chi connectivity index (χ4n) is 3.63.